The van der Waals surface area contributed by atoms with E-state index in [1.165, 1.54) is 30.2 Å². The zero-order valence-corrected chi connectivity index (χ0v) is 13.7. The number of hydrogen-bond donors (Lipinski definition) is 0. The summed E-state index contributed by atoms with van der Waals surface area (Å²) in [5, 5.41) is 1.88. The molecule has 110 valence electrons. The van der Waals surface area contributed by atoms with Crippen molar-refractivity contribution in [1.82, 2.24) is 0 Å². The van der Waals surface area contributed by atoms with Gasteiger partial charge in [0.15, 0.2) is 0 Å². The number of ether oxygens (including phenoxy) is 1. The Morgan fingerprint density at radius 1 is 1.19 bits per heavy atom. The first-order valence-electron chi connectivity index (χ1n) is 6.35. The lowest BCUT2D eigenvalue weighted by Crippen LogP contribution is -2.30. The van der Waals surface area contributed by atoms with Crippen LogP contribution >= 0.6 is 23.1 Å². The second kappa shape index (κ2) is 6.45. The third-order valence-corrected chi connectivity index (χ3v) is 5.51. The smallest absolute Gasteiger partial charge is 0.326 e. The number of thiophene rings is 1. The van der Waals surface area contributed by atoms with Crippen LogP contribution in [0.25, 0.3) is 0 Å². The summed E-state index contributed by atoms with van der Waals surface area (Å²) >= 11 is 2.83. The van der Waals surface area contributed by atoms with Gasteiger partial charge in [0.05, 0.1) is 12.0 Å². The maximum absolute atomic E-state index is 12.2. The van der Waals surface area contributed by atoms with Crippen LogP contribution in [0, 0.1) is 0 Å². The van der Waals surface area contributed by atoms with Crippen molar-refractivity contribution in [3.05, 3.63) is 57.8 Å². The Hall–Kier alpha value is -1.59. The molecule has 0 saturated heterocycles. The molecule has 5 heteroatoms. The van der Waals surface area contributed by atoms with Gasteiger partial charge in [0.2, 0.25) is 5.78 Å². The molecule has 0 bridgehead atoms. The van der Waals surface area contributed by atoms with E-state index in [2.05, 4.69) is 0 Å². The Morgan fingerprint density at radius 3 is 2.33 bits per heavy atom. The molecule has 0 aliphatic heterocycles. The van der Waals surface area contributed by atoms with Gasteiger partial charge in [-0.05, 0) is 30.2 Å². The normalized spacial score (nSPS) is 13.5. The van der Waals surface area contributed by atoms with Crippen LogP contribution in [-0.4, -0.2) is 25.1 Å². The highest BCUT2D eigenvalue weighted by Crippen LogP contribution is 2.35. The first-order chi connectivity index (χ1) is 10.0. The summed E-state index contributed by atoms with van der Waals surface area (Å²) in [4.78, 5) is 24.9. The molecule has 0 radical (unpaired) electrons. The number of ketones is 1. The van der Waals surface area contributed by atoms with E-state index in [-0.39, 0.29) is 11.8 Å². The van der Waals surface area contributed by atoms with Crippen molar-refractivity contribution in [3.63, 3.8) is 0 Å². The molecule has 3 nitrogen and oxygen atoms in total. The fraction of sp³-hybridized carbons (Fsp3) is 0.250. The fourth-order valence-electron chi connectivity index (χ4n) is 2.00. The van der Waals surface area contributed by atoms with Gasteiger partial charge in [0, 0.05) is 5.56 Å². The van der Waals surface area contributed by atoms with Gasteiger partial charge >= 0.3 is 5.97 Å². The molecule has 0 saturated carbocycles. The van der Waals surface area contributed by atoms with Crippen LogP contribution < -0.4 is 0 Å². The summed E-state index contributed by atoms with van der Waals surface area (Å²) < 4.78 is 4.11. The van der Waals surface area contributed by atoms with Crippen molar-refractivity contribution in [2.75, 3.05) is 13.4 Å². The molecule has 1 heterocycles. The summed E-state index contributed by atoms with van der Waals surface area (Å²) in [5.41, 5.74) is 1.44. The molecule has 0 aliphatic carbocycles. The van der Waals surface area contributed by atoms with Gasteiger partial charge in [-0.1, -0.05) is 30.3 Å². The molecule has 1 unspecified atom stereocenters. The van der Waals surface area contributed by atoms with Crippen molar-refractivity contribution in [2.24, 2.45) is 0 Å². The highest BCUT2D eigenvalue weighted by Gasteiger charge is 2.35. The summed E-state index contributed by atoms with van der Waals surface area (Å²) in [6.45, 7) is 1.82. The van der Waals surface area contributed by atoms with Crippen LogP contribution in [0.2, 0.25) is 0 Å². The summed E-state index contributed by atoms with van der Waals surface area (Å²) in [6.07, 6.45) is 1.86. The molecule has 21 heavy (non-hydrogen) atoms. The standard InChI is InChI=1S/C16H16O3S2/c1-16(20-3,15(18)19-2)12-8-6-11(7-9-12)14(17)13-5-4-10-21-13/h4-10H,1-3H3. The molecule has 0 amide bonds. The molecule has 2 aromatic rings. The van der Waals surface area contributed by atoms with Crippen LogP contribution in [0.1, 0.15) is 27.7 Å². The van der Waals surface area contributed by atoms with E-state index in [1.54, 1.807) is 18.2 Å². The molecule has 2 rings (SSSR count). The van der Waals surface area contributed by atoms with E-state index in [4.69, 9.17) is 4.74 Å². The number of carbonyl (C=O) groups excluding carboxylic acids is 2. The van der Waals surface area contributed by atoms with E-state index >= 15 is 0 Å². The number of thioether (sulfide) groups is 1. The van der Waals surface area contributed by atoms with Crippen LogP contribution in [-0.2, 0) is 14.3 Å². The summed E-state index contributed by atoms with van der Waals surface area (Å²) in [6, 6.07) is 10.8. The van der Waals surface area contributed by atoms with Gasteiger partial charge < -0.3 is 4.74 Å². The van der Waals surface area contributed by atoms with Crippen molar-refractivity contribution < 1.29 is 14.3 Å². The van der Waals surface area contributed by atoms with E-state index in [0.29, 0.717) is 10.4 Å². The number of rotatable bonds is 5. The minimum Gasteiger partial charge on any atom is -0.468 e. The highest BCUT2D eigenvalue weighted by molar-refractivity contribution is 8.00. The Balaban J connectivity index is 2.30. The zero-order valence-electron chi connectivity index (χ0n) is 12.1. The second-order valence-corrected chi connectivity index (χ2v) is 6.79. The summed E-state index contributed by atoms with van der Waals surface area (Å²) in [5.74, 6) is -0.298. The number of benzene rings is 1. The monoisotopic (exact) mass is 320 g/mol. The van der Waals surface area contributed by atoms with Gasteiger partial charge in [-0.3, -0.25) is 9.59 Å². The van der Waals surface area contributed by atoms with Gasteiger partial charge in [-0.2, -0.15) is 0 Å². The number of carbonyl (C=O) groups is 2. The average Bonchev–Trinajstić information content (AvgIpc) is 3.07. The molecule has 1 aromatic carbocycles. The van der Waals surface area contributed by atoms with Crippen LogP contribution in [0.4, 0.5) is 0 Å². The lowest BCUT2D eigenvalue weighted by Gasteiger charge is -2.24. The lowest BCUT2D eigenvalue weighted by atomic mass is 9.97. The minimum absolute atomic E-state index is 0.000438. The van der Waals surface area contributed by atoms with Gasteiger partial charge in [0.1, 0.15) is 4.75 Å². The maximum atomic E-state index is 12.2. The number of hydrogen-bond acceptors (Lipinski definition) is 5. The van der Waals surface area contributed by atoms with E-state index in [1.807, 2.05) is 36.8 Å². The SMILES string of the molecule is COC(=O)C(C)(SC)c1ccc(C(=O)c2cccs2)cc1. The van der Waals surface area contributed by atoms with Gasteiger partial charge in [-0.15, -0.1) is 23.1 Å². The number of methoxy groups -OCH3 is 1. The molecule has 0 N–H and O–H groups in total. The van der Waals surface area contributed by atoms with Crippen LogP contribution in [0.15, 0.2) is 41.8 Å². The molecule has 0 aliphatic rings. The Labute approximate surface area is 132 Å². The van der Waals surface area contributed by atoms with Crippen molar-refractivity contribution in [1.29, 1.82) is 0 Å². The van der Waals surface area contributed by atoms with Crippen LogP contribution in [0.5, 0.6) is 0 Å². The Kier molecular flexibility index (Phi) is 4.85. The highest BCUT2D eigenvalue weighted by atomic mass is 32.2. The Bertz CT molecular complexity index is 632. The third-order valence-electron chi connectivity index (χ3n) is 3.43. The molecule has 0 fully saturated rings. The van der Waals surface area contributed by atoms with Gasteiger partial charge in [0.25, 0.3) is 0 Å². The predicted molar refractivity (Wildman–Crippen MR) is 87.1 cm³/mol. The maximum Gasteiger partial charge on any atom is 0.326 e. The molecule has 1 aromatic heterocycles. The number of esters is 1. The quantitative estimate of drug-likeness (QED) is 0.622. The third kappa shape index (κ3) is 3.04. The van der Waals surface area contributed by atoms with E-state index in [0.717, 1.165) is 5.56 Å². The molecule has 1 atom stereocenters. The first kappa shape index (κ1) is 15.8. The summed E-state index contributed by atoms with van der Waals surface area (Å²) in [7, 11) is 1.38. The largest absolute Gasteiger partial charge is 0.468 e. The average molecular weight is 320 g/mol. The second-order valence-electron chi connectivity index (χ2n) is 4.61. The van der Waals surface area contributed by atoms with Crippen molar-refractivity contribution in [3.8, 4) is 0 Å². The van der Waals surface area contributed by atoms with Gasteiger partial charge in [-0.25, -0.2) is 0 Å². The van der Waals surface area contributed by atoms with Crippen molar-refractivity contribution >= 4 is 34.9 Å². The minimum atomic E-state index is -0.765. The topological polar surface area (TPSA) is 43.4 Å². The van der Waals surface area contributed by atoms with E-state index in [9.17, 15) is 9.59 Å². The fourth-order valence-corrected chi connectivity index (χ4v) is 3.31. The van der Waals surface area contributed by atoms with Crippen molar-refractivity contribution in [2.45, 2.75) is 11.7 Å². The van der Waals surface area contributed by atoms with E-state index < -0.39 is 4.75 Å². The molecular formula is C16H16O3S2. The van der Waals surface area contributed by atoms with Crippen LogP contribution in [0.3, 0.4) is 0 Å². The predicted octanol–water partition coefficient (Wildman–Crippen LogP) is 3.73. The zero-order chi connectivity index (χ0) is 15.5. The molecular weight excluding hydrogens is 304 g/mol. The first-order valence-corrected chi connectivity index (χ1v) is 8.45. The lowest BCUT2D eigenvalue weighted by molar-refractivity contribution is -0.143. The molecule has 0 spiro atoms. The Morgan fingerprint density at radius 2 is 1.86 bits per heavy atom.